The molecular weight excluding hydrogens is 414 g/mol. The fourth-order valence-electron chi connectivity index (χ4n) is 8.98. The molecular formula is C28H45NO4. The Labute approximate surface area is 200 Å². The number of amides is 1. The van der Waals surface area contributed by atoms with Gasteiger partial charge in [-0.1, -0.05) is 26.8 Å². The monoisotopic (exact) mass is 459 g/mol. The Kier molecular flexibility index (Phi) is 6.88. The average Bonchev–Trinajstić information content (AvgIpc) is 3.15. The first kappa shape index (κ1) is 24.9. The molecule has 0 aromatic rings. The van der Waals surface area contributed by atoms with Crippen LogP contribution in [0.3, 0.4) is 0 Å². The second kappa shape index (κ2) is 9.11. The van der Waals surface area contributed by atoms with Crippen molar-refractivity contribution >= 4 is 11.7 Å². The van der Waals surface area contributed by atoms with Crippen LogP contribution in [0.1, 0.15) is 85.5 Å². The number of Topliss-reactive ketones (excluding diaryl/α,β-unsaturated/α-hetero) is 1. The van der Waals surface area contributed by atoms with Crippen LogP contribution in [0.15, 0.2) is 11.6 Å². The summed E-state index contributed by atoms with van der Waals surface area (Å²) in [4.78, 5) is 31.3. The normalized spacial score (nSPS) is 44.7. The molecule has 4 saturated carbocycles. The number of aliphatic hydroxyl groups excluding tert-OH is 1. The third-order valence-electron chi connectivity index (χ3n) is 10.9. The third kappa shape index (κ3) is 3.91. The molecule has 4 rings (SSSR count). The lowest BCUT2D eigenvalue weighted by molar-refractivity contribution is -0.169. The van der Waals surface area contributed by atoms with Crippen molar-refractivity contribution < 1.29 is 19.5 Å². The standard InChI is InChI=1S/C28H45NO4/c1-7-19-23-16-18(30)12-14-28(23,4)22-13-15-27(3)20(9-10-21(27)25(22)26(19)32)17(2)8-11-24(31)29(5)33-6/h7,17-18,20-23,25,30H,8-16H2,1-6H3/b19-7+/t17-,18-,20-,21?,22?,23+,25?,27-,28-/m1/s1. The molecule has 0 aromatic heterocycles. The van der Waals surface area contributed by atoms with E-state index in [0.717, 1.165) is 50.5 Å². The van der Waals surface area contributed by atoms with Gasteiger partial charge in [0.1, 0.15) is 0 Å². The first-order valence-corrected chi connectivity index (χ1v) is 13.3. The molecule has 0 saturated heterocycles. The summed E-state index contributed by atoms with van der Waals surface area (Å²) in [6, 6.07) is 0. The van der Waals surface area contributed by atoms with E-state index in [1.54, 1.807) is 7.05 Å². The summed E-state index contributed by atoms with van der Waals surface area (Å²) in [6.07, 6.45) is 10.4. The lowest BCUT2D eigenvalue weighted by Gasteiger charge is -2.61. The molecule has 0 radical (unpaired) electrons. The van der Waals surface area contributed by atoms with E-state index in [-0.39, 0.29) is 34.7 Å². The van der Waals surface area contributed by atoms with E-state index in [2.05, 4.69) is 26.8 Å². The van der Waals surface area contributed by atoms with Gasteiger partial charge in [-0.15, -0.1) is 0 Å². The minimum atomic E-state index is -0.271. The summed E-state index contributed by atoms with van der Waals surface area (Å²) < 4.78 is 0. The Morgan fingerprint density at radius 3 is 2.52 bits per heavy atom. The second-order valence-electron chi connectivity index (χ2n) is 12.2. The SMILES string of the molecule is C/C=C1/C(=O)C2C3CC[C@H]([C@H](C)CCC(=O)N(C)OC)[C@@]3(C)CCC2[C@@]2(C)CC[C@@H](O)C[C@@H]12. The number of ketones is 1. The Morgan fingerprint density at radius 2 is 1.85 bits per heavy atom. The minimum Gasteiger partial charge on any atom is -0.393 e. The molecule has 0 aliphatic heterocycles. The topological polar surface area (TPSA) is 66.8 Å². The van der Waals surface area contributed by atoms with Crippen LogP contribution in [-0.4, -0.2) is 42.1 Å². The van der Waals surface area contributed by atoms with Gasteiger partial charge in [0.2, 0.25) is 5.91 Å². The van der Waals surface area contributed by atoms with Crippen molar-refractivity contribution in [1.29, 1.82) is 0 Å². The van der Waals surface area contributed by atoms with Gasteiger partial charge in [-0.25, -0.2) is 5.06 Å². The number of rotatable bonds is 5. The summed E-state index contributed by atoms with van der Waals surface area (Å²) in [5.41, 5.74) is 1.30. The van der Waals surface area contributed by atoms with E-state index >= 15 is 0 Å². The van der Waals surface area contributed by atoms with E-state index in [4.69, 9.17) is 4.84 Å². The molecule has 186 valence electrons. The number of aliphatic hydroxyl groups is 1. The van der Waals surface area contributed by atoms with Gasteiger partial charge in [-0.05, 0) is 104 Å². The summed E-state index contributed by atoms with van der Waals surface area (Å²) in [5.74, 6) is 2.66. The quantitative estimate of drug-likeness (QED) is 0.454. The zero-order chi connectivity index (χ0) is 24.1. The highest BCUT2D eigenvalue weighted by molar-refractivity contribution is 5.99. The van der Waals surface area contributed by atoms with Crippen LogP contribution < -0.4 is 0 Å². The van der Waals surface area contributed by atoms with E-state index in [0.29, 0.717) is 35.9 Å². The zero-order valence-corrected chi connectivity index (χ0v) is 21.6. The molecule has 3 unspecified atom stereocenters. The molecule has 0 aromatic carbocycles. The van der Waals surface area contributed by atoms with Crippen LogP contribution in [0.5, 0.6) is 0 Å². The largest absolute Gasteiger partial charge is 0.393 e. The molecule has 5 nitrogen and oxygen atoms in total. The first-order valence-electron chi connectivity index (χ1n) is 13.3. The number of carbonyl (C=O) groups excluding carboxylic acids is 2. The molecule has 0 spiro atoms. The van der Waals surface area contributed by atoms with Crippen molar-refractivity contribution in [2.75, 3.05) is 14.2 Å². The number of hydroxylamine groups is 2. The maximum Gasteiger partial charge on any atom is 0.245 e. The molecule has 33 heavy (non-hydrogen) atoms. The maximum atomic E-state index is 14.0. The Balaban J connectivity index is 1.56. The van der Waals surface area contributed by atoms with E-state index in [1.165, 1.54) is 18.6 Å². The van der Waals surface area contributed by atoms with Crippen LogP contribution in [0.25, 0.3) is 0 Å². The lowest BCUT2D eigenvalue weighted by atomic mass is 9.43. The molecule has 4 aliphatic rings. The molecule has 9 atom stereocenters. The molecule has 1 N–H and O–H groups in total. The van der Waals surface area contributed by atoms with E-state index in [1.807, 2.05) is 6.92 Å². The summed E-state index contributed by atoms with van der Waals surface area (Å²) in [7, 11) is 3.20. The van der Waals surface area contributed by atoms with Crippen LogP contribution in [0, 0.1) is 46.3 Å². The number of nitrogens with zero attached hydrogens (tertiary/aromatic N) is 1. The van der Waals surface area contributed by atoms with Gasteiger partial charge in [0.25, 0.3) is 0 Å². The first-order chi connectivity index (χ1) is 15.6. The van der Waals surface area contributed by atoms with Crippen LogP contribution in [0.4, 0.5) is 0 Å². The highest BCUT2D eigenvalue weighted by Crippen LogP contribution is 2.68. The highest BCUT2D eigenvalue weighted by atomic mass is 16.7. The fraction of sp³-hybridized carbons (Fsp3) is 0.857. The zero-order valence-electron chi connectivity index (χ0n) is 21.6. The van der Waals surface area contributed by atoms with Gasteiger partial charge in [0, 0.05) is 19.4 Å². The van der Waals surface area contributed by atoms with Crippen molar-refractivity contribution in [3.05, 3.63) is 11.6 Å². The predicted octanol–water partition coefficient (Wildman–Crippen LogP) is 5.18. The van der Waals surface area contributed by atoms with E-state index in [9.17, 15) is 14.7 Å². The van der Waals surface area contributed by atoms with Crippen molar-refractivity contribution in [2.24, 2.45) is 46.3 Å². The second-order valence-corrected chi connectivity index (χ2v) is 12.2. The van der Waals surface area contributed by atoms with Crippen LogP contribution >= 0.6 is 0 Å². The Bertz CT molecular complexity index is 808. The Morgan fingerprint density at radius 1 is 1.18 bits per heavy atom. The smallest absolute Gasteiger partial charge is 0.245 e. The maximum absolute atomic E-state index is 14.0. The third-order valence-corrected chi connectivity index (χ3v) is 10.9. The molecule has 4 fully saturated rings. The van der Waals surface area contributed by atoms with Gasteiger partial charge >= 0.3 is 0 Å². The number of hydrogen-bond donors (Lipinski definition) is 1. The number of carbonyl (C=O) groups is 2. The van der Waals surface area contributed by atoms with Crippen molar-refractivity contribution in [1.82, 2.24) is 5.06 Å². The predicted molar refractivity (Wildman–Crippen MR) is 129 cm³/mol. The van der Waals surface area contributed by atoms with Gasteiger partial charge in [0.05, 0.1) is 13.2 Å². The summed E-state index contributed by atoms with van der Waals surface area (Å²) >= 11 is 0. The van der Waals surface area contributed by atoms with E-state index < -0.39 is 0 Å². The van der Waals surface area contributed by atoms with Gasteiger partial charge in [-0.3, -0.25) is 14.4 Å². The minimum absolute atomic E-state index is 0.0337. The average molecular weight is 460 g/mol. The van der Waals surface area contributed by atoms with Crippen molar-refractivity contribution in [3.63, 3.8) is 0 Å². The van der Waals surface area contributed by atoms with Gasteiger partial charge < -0.3 is 5.11 Å². The molecule has 4 aliphatic carbocycles. The molecule has 1 amide bonds. The van der Waals surface area contributed by atoms with Crippen LogP contribution in [0.2, 0.25) is 0 Å². The summed E-state index contributed by atoms with van der Waals surface area (Å²) in [5, 5.41) is 11.7. The summed E-state index contributed by atoms with van der Waals surface area (Å²) in [6.45, 7) is 9.20. The molecule has 0 bridgehead atoms. The highest BCUT2D eigenvalue weighted by Gasteiger charge is 2.64. The van der Waals surface area contributed by atoms with Crippen LogP contribution in [-0.2, 0) is 14.4 Å². The lowest BCUT2D eigenvalue weighted by Crippen LogP contribution is -2.58. The van der Waals surface area contributed by atoms with Gasteiger partial charge in [0.15, 0.2) is 5.78 Å². The molecule has 5 heteroatoms. The number of allylic oxidation sites excluding steroid dienone is 2. The fourth-order valence-corrected chi connectivity index (χ4v) is 8.98. The van der Waals surface area contributed by atoms with Crippen molar-refractivity contribution in [2.45, 2.75) is 91.6 Å². The number of fused-ring (bicyclic) bond motifs is 5. The molecule has 0 heterocycles. The van der Waals surface area contributed by atoms with Gasteiger partial charge in [-0.2, -0.15) is 0 Å². The number of hydrogen-bond acceptors (Lipinski definition) is 4. The Hall–Kier alpha value is -1.20. The van der Waals surface area contributed by atoms with Crippen molar-refractivity contribution in [3.8, 4) is 0 Å².